The second-order valence-electron chi connectivity index (χ2n) is 5.93. The van der Waals surface area contributed by atoms with Crippen LogP contribution in [0.15, 0.2) is 58.8 Å². The summed E-state index contributed by atoms with van der Waals surface area (Å²) in [5.41, 5.74) is 3.58. The minimum atomic E-state index is -0.449. The molecule has 23 heavy (non-hydrogen) atoms. The van der Waals surface area contributed by atoms with Crippen molar-refractivity contribution in [2.45, 2.75) is 19.1 Å². The highest BCUT2D eigenvalue weighted by molar-refractivity contribution is 7.07. The molecule has 0 aliphatic carbocycles. The Kier molecular flexibility index (Phi) is 6.00. The van der Waals surface area contributed by atoms with Crippen LogP contribution in [0.2, 0.25) is 0 Å². The Labute approximate surface area is 141 Å². The van der Waals surface area contributed by atoms with E-state index in [-0.39, 0.29) is 0 Å². The number of hydrogen-bond donors (Lipinski definition) is 1. The molecular weight excluding hydrogens is 306 g/mol. The molecule has 1 aliphatic rings. The Balaban J connectivity index is 1.68. The molecule has 4 heteroatoms. The van der Waals surface area contributed by atoms with E-state index in [1.807, 2.05) is 22.9 Å². The van der Waals surface area contributed by atoms with Gasteiger partial charge in [-0.15, -0.1) is 0 Å². The summed E-state index contributed by atoms with van der Waals surface area (Å²) in [5, 5.41) is 14.5. The normalized spacial score (nSPS) is 16.3. The fourth-order valence-electron chi connectivity index (χ4n) is 2.85. The van der Waals surface area contributed by atoms with Crippen molar-refractivity contribution in [2.75, 3.05) is 26.3 Å². The van der Waals surface area contributed by atoms with Crippen LogP contribution in [-0.4, -0.2) is 36.3 Å². The summed E-state index contributed by atoms with van der Waals surface area (Å²) in [7, 11) is 0. The van der Waals surface area contributed by atoms with E-state index in [2.05, 4.69) is 35.2 Å². The number of aliphatic hydroxyl groups excluding tert-OH is 1. The molecule has 0 bridgehead atoms. The Morgan fingerprint density at radius 1 is 1.17 bits per heavy atom. The third kappa shape index (κ3) is 5.01. The maximum absolute atomic E-state index is 10.5. The summed E-state index contributed by atoms with van der Waals surface area (Å²) < 4.78 is 5.55. The first-order valence-corrected chi connectivity index (χ1v) is 8.97. The van der Waals surface area contributed by atoms with E-state index >= 15 is 0 Å². The van der Waals surface area contributed by atoms with Crippen LogP contribution in [0.5, 0.6) is 0 Å². The Bertz CT molecular complexity index is 610. The molecule has 1 aromatic carbocycles. The molecule has 1 aliphatic heterocycles. The van der Waals surface area contributed by atoms with Crippen LogP contribution in [0, 0.1) is 0 Å². The van der Waals surface area contributed by atoms with Gasteiger partial charge in [-0.2, -0.15) is 11.3 Å². The van der Waals surface area contributed by atoms with E-state index in [0.29, 0.717) is 13.2 Å². The van der Waals surface area contributed by atoms with Gasteiger partial charge in [0.1, 0.15) is 0 Å². The van der Waals surface area contributed by atoms with E-state index in [0.717, 1.165) is 31.7 Å². The van der Waals surface area contributed by atoms with Crippen molar-refractivity contribution in [1.29, 1.82) is 0 Å². The molecular formula is C19H23NO2S. The standard InChI is InChI=1S/C19H23NO2S/c21-19(18-8-10-23-15-18)13-20(11-16-5-2-1-3-6-16)12-17-7-4-9-22-14-17/h1-3,5-8,10,15,19,21H,4,9,11-14H2. The van der Waals surface area contributed by atoms with Crippen molar-refractivity contribution in [1.82, 2.24) is 4.90 Å². The average molecular weight is 329 g/mol. The van der Waals surface area contributed by atoms with Crippen molar-refractivity contribution in [2.24, 2.45) is 0 Å². The van der Waals surface area contributed by atoms with Crippen molar-refractivity contribution >= 4 is 11.3 Å². The van der Waals surface area contributed by atoms with Crippen LogP contribution < -0.4 is 0 Å². The molecule has 0 fully saturated rings. The highest BCUT2D eigenvalue weighted by Crippen LogP contribution is 2.20. The van der Waals surface area contributed by atoms with E-state index in [1.165, 1.54) is 11.1 Å². The lowest BCUT2D eigenvalue weighted by Gasteiger charge is -2.27. The zero-order valence-electron chi connectivity index (χ0n) is 13.2. The van der Waals surface area contributed by atoms with Crippen molar-refractivity contribution in [3.8, 4) is 0 Å². The predicted molar refractivity (Wildman–Crippen MR) is 94.5 cm³/mol. The summed E-state index contributed by atoms with van der Waals surface area (Å²) in [6, 6.07) is 12.4. The van der Waals surface area contributed by atoms with Crippen molar-refractivity contribution in [3.63, 3.8) is 0 Å². The van der Waals surface area contributed by atoms with Gasteiger partial charge in [-0.05, 0) is 39.9 Å². The predicted octanol–water partition coefficient (Wildman–Crippen LogP) is 3.63. The SMILES string of the molecule is OC(CN(CC1=CCCOC1)Cc1ccccc1)c1ccsc1. The first-order chi connectivity index (χ1) is 11.3. The van der Waals surface area contributed by atoms with Crippen LogP contribution in [-0.2, 0) is 11.3 Å². The van der Waals surface area contributed by atoms with Gasteiger partial charge in [0.15, 0.2) is 0 Å². The molecule has 3 nitrogen and oxygen atoms in total. The van der Waals surface area contributed by atoms with Gasteiger partial charge < -0.3 is 9.84 Å². The Hall–Kier alpha value is -1.46. The molecule has 1 atom stereocenters. The summed E-state index contributed by atoms with van der Waals surface area (Å²) in [5.74, 6) is 0. The van der Waals surface area contributed by atoms with Gasteiger partial charge in [0, 0.05) is 19.6 Å². The highest BCUT2D eigenvalue weighted by Gasteiger charge is 2.16. The number of aliphatic hydroxyl groups is 1. The first-order valence-electron chi connectivity index (χ1n) is 8.03. The van der Waals surface area contributed by atoms with E-state index < -0.39 is 6.10 Å². The molecule has 1 unspecified atom stereocenters. The minimum absolute atomic E-state index is 0.449. The van der Waals surface area contributed by atoms with Crippen LogP contribution in [0.25, 0.3) is 0 Å². The number of rotatable bonds is 7. The fraction of sp³-hybridized carbons (Fsp3) is 0.368. The number of nitrogens with zero attached hydrogens (tertiary/aromatic N) is 1. The van der Waals surface area contributed by atoms with E-state index in [1.54, 1.807) is 11.3 Å². The summed E-state index contributed by atoms with van der Waals surface area (Å²) >= 11 is 1.62. The maximum atomic E-state index is 10.5. The molecule has 0 saturated carbocycles. The quantitative estimate of drug-likeness (QED) is 0.787. The lowest BCUT2D eigenvalue weighted by Crippen LogP contribution is -2.31. The molecule has 122 valence electrons. The van der Waals surface area contributed by atoms with Gasteiger partial charge in [-0.1, -0.05) is 36.4 Å². The third-order valence-electron chi connectivity index (χ3n) is 4.02. The van der Waals surface area contributed by atoms with Gasteiger partial charge >= 0.3 is 0 Å². The number of benzene rings is 1. The zero-order chi connectivity index (χ0) is 15.9. The van der Waals surface area contributed by atoms with Gasteiger partial charge in [-0.25, -0.2) is 0 Å². The third-order valence-corrected chi connectivity index (χ3v) is 4.72. The smallest absolute Gasteiger partial charge is 0.0925 e. The van der Waals surface area contributed by atoms with Crippen LogP contribution in [0.4, 0.5) is 0 Å². The molecule has 2 aromatic rings. The topological polar surface area (TPSA) is 32.7 Å². The molecule has 1 N–H and O–H groups in total. The maximum Gasteiger partial charge on any atom is 0.0925 e. The monoisotopic (exact) mass is 329 g/mol. The van der Waals surface area contributed by atoms with Crippen molar-refractivity contribution < 1.29 is 9.84 Å². The van der Waals surface area contributed by atoms with E-state index in [9.17, 15) is 5.11 Å². The second-order valence-corrected chi connectivity index (χ2v) is 6.71. The molecule has 3 rings (SSSR count). The highest BCUT2D eigenvalue weighted by atomic mass is 32.1. The molecule has 0 amide bonds. The molecule has 0 radical (unpaired) electrons. The molecule has 0 saturated heterocycles. The van der Waals surface area contributed by atoms with Crippen molar-refractivity contribution in [3.05, 3.63) is 69.9 Å². The fourth-order valence-corrected chi connectivity index (χ4v) is 3.55. The molecule has 1 aromatic heterocycles. The van der Waals surface area contributed by atoms with Gasteiger partial charge in [-0.3, -0.25) is 4.90 Å². The van der Waals surface area contributed by atoms with Crippen LogP contribution in [0.1, 0.15) is 23.7 Å². The summed E-state index contributed by atoms with van der Waals surface area (Å²) in [6.45, 7) is 3.83. The van der Waals surface area contributed by atoms with E-state index in [4.69, 9.17) is 4.74 Å². The van der Waals surface area contributed by atoms with Crippen LogP contribution >= 0.6 is 11.3 Å². The van der Waals surface area contributed by atoms with Gasteiger partial charge in [0.2, 0.25) is 0 Å². The zero-order valence-corrected chi connectivity index (χ0v) is 14.0. The van der Waals surface area contributed by atoms with Gasteiger partial charge in [0.25, 0.3) is 0 Å². The largest absolute Gasteiger partial charge is 0.387 e. The lowest BCUT2D eigenvalue weighted by molar-refractivity contribution is 0.104. The lowest BCUT2D eigenvalue weighted by atomic mass is 10.1. The van der Waals surface area contributed by atoms with Crippen LogP contribution in [0.3, 0.4) is 0 Å². The first kappa shape index (κ1) is 16.4. The number of hydrogen-bond acceptors (Lipinski definition) is 4. The molecule has 0 spiro atoms. The summed E-state index contributed by atoms with van der Waals surface area (Å²) in [6.07, 6.45) is 2.81. The Morgan fingerprint density at radius 3 is 2.74 bits per heavy atom. The minimum Gasteiger partial charge on any atom is -0.387 e. The molecule has 2 heterocycles. The van der Waals surface area contributed by atoms with Gasteiger partial charge in [0.05, 0.1) is 19.3 Å². The number of ether oxygens (including phenoxy) is 1. The number of thiophene rings is 1. The average Bonchev–Trinajstić information content (AvgIpc) is 3.11. The second kappa shape index (κ2) is 8.41. The Morgan fingerprint density at radius 2 is 2.04 bits per heavy atom. The summed E-state index contributed by atoms with van der Waals surface area (Å²) in [4.78, 5) is 2.30.